The monoisotopic (exact) mass is 291 g/mol. The topological polar surface area (TPSA) is 66.3 Å². The van der Waals surface area contributed by atoms with Crippen molar-refractivity contribution in [3.05, 3.63) is 29.5 Å². The van der Waals surface area contributed by atoms with Gasteiger partial charge in [0.2, 0.25) is 5.28 Å². The summed E-state index contributed by atoms with van der Waals surface area (Å²) in [6.07, 6.45) is 1.55. The Morgan fingerprint density at radius 1 is 1.35 bits per heavy atom. The Hall–Kier alpha value is -1.88. The van der Waals surface area contributed by atoms with Gasteiger partial charge in [0.05, 0.1) is 11.4 Å². The minimum Gasteiger partial charge on any atom is -0.481 e. The molecule has 2 aromatic rings. The molecule has 104 valence electrons. The molecule has 0 saturated carbocycles. The summed E-state index contributed by atoms with van der Waals surface area (Å²) >= 11 is 5.98. The largest absolute Gasteiger partial charge is 0.481 e. The highest BCUT2D eigenvalue weighted by atomic mass is 35.5. The highest BCUT2D eigenvalue weighted by Crippen LogP contribution is 2.29. The molecule has 0 spiro atoms. The summed E-state index contributed by atoms with van der Waals surface area (Å²) < 4.78 is 0. The molecule has 2 heterocycles. The first kappa shape index (κ1) is 13.1. The molecule has 0 bridgehead atoms. The van der Waals surface area contributed by atoms with Crippen LogP contribution in [0.3, 0.4) is 0 Å². The number of para-hydroxylation sites is 1. The van der Waals surface area contributed by atoms with Crippen LogP contribution in [0.2, 0.25) is 5.28 Å². The number of nitrogens with zero attached hydrogens (tertiary/aromatic N) is 3. The van der Waals surface area contributed by atoms with E-state index < -0.39 is 5.97 Å². The number of aromatic nitrogens is 2. The molecule has 6 heteroatoms. The number of hydrogen-bond acceptors (Lipinski definition) is 4. The summed E-state index contributed by atoms with van der Waals surface area (Å²) in [5.41, 5.74) is 0.778. The van der Waals surface area contributed by atoms with E-state index in [1.165, 1.54) is 0 Å². The van der Waals surface area contributed by atoms with Gasteiger partial charge >= 0.3 is 5.97 Å². The van der Waals surface area contributed by atoms with Crippen LogP contribution in [0, 0.1) is 5.92 Å². The molecule has 3 rings (SSSR count). The van der Waals surface area contributed by atoms with Crippen LogP contribution in [0.1, 0.15) is 12.8 Å². The second kappa shape index (κ2) is 5.25. The summed E-state index contributed by atoms with van der Waals surface area (Å²) in [6.45, 7) is 1.26. The lowest BCUT2D eigenvalue weighted by molar-refractivity contribution is -0.141. The number of carboxylic acids is 1. The normalized spacial score (nSPS) is 19.2. The van der Waals surface area contributed by atoms with E-state index >= 15 is 0 Å². The molecule has 1 aliphatic rings. The van der Waals surface area contributed by atoms with Gasteiger partial charge in [0, 0.05) is 18.5 Å². The number of hydrogen-bond donors (Lipinski definition) is 1. The second-order valence-electron chi connectivity index (χ2n) is 4.96. The summed E-state index contributed by atoms with van der Waals surface area (Å²) in [5.74, 6) is -0.373. The molecule has 1 aliphatic heterocycles. The number of carboxylic acid groups (broad SMARTS) is 1. The van der Waals surface area contributed by atoms with Crippen molar-refractivity contribution in [1.82, 2.24) is 9.97 Å². The lowest BCUT2D eigenvalue weighted by Crippen LogP contribution is -2.39. The summed E-state index contributed by atoms with van der Waals surface area (Å²) in [4.78, 5) is 21.7. The van der Waals surface area contributed by atoms with Crippen molar-refractivity contribution in [3.63, 3.8) is 0 Å². The van der Waals surface area contributed by atoms with Crippen LogP contribution in [0.15, 0.2) is 24.3 Å². The van der Waals surface area contributed by atoms with Crippen molar-refractivity contribution >= 4 is 34.3 Å². The van der Waals surface area contributed by atoms with Gasteiger partial charge in [-0.25, -0.2) is 4.98 Å². The number of halogens is 1. The minimum absolute atomic E-state index is 0.191. The van der Waals surface area contributed by atoms with Gasteiger partial charge in [-0.2, -0.15) is 4.98 Å². The number of rotatable bonds is 2. The van der Waals surface area contributed by atoms with Crippen LogP contribution in [0.4, 0.5) is 5.82 Å². The molecule has 1 N–H and O–H groups in total. The Labute approximate surface area is 121 Å². The van der Waals surface area contributed by atoms with Crippen LogP contribution in [-0.2, 0) is 4.79 Å². The Morgan fingerprint density at radius 3 is 2.95 bits per heavy atom. The predicted octanol–water partition coefficient (Wildman–Crippen LogP) is 2.58. The number of fused-ring (bicyclic) bond motifs is 1. The first-order valence-corrected chi connectivity index (χ1v) is 6.93. The highest BCUT2D eigenvalue weighted by Gasteiger charge is 2.27. The summed E-state index contributed by atoms with van der Waals surface area (Å²) in [5, 5.41) is 10.3. The average Bonchev–Trinajstić information content (AvgIpc) is 2.46. The molecule has 1 unspecified atom stereocenters. The maximum atomic E-state index is 11.2. The van der Waals surface area contributed by atoms with E-state index in [2.05, 4.69) is 9.97 Å². The Balaban J connectivity index is 2.03. The molecule has 1 aromatic carbocycles. The standard InChI is InChI=1S/C14H14ClN3O2/c15-14-16-11-6-2-1-5-10(11)12(17-14)18-7-3-4-9(8-18)13(19)20/h1-2,5-6,9H,3-4,7-8H2,(H,19,20). The number of aliphatic carboxylic acids is 1. The van der Waals surface area contributed by atoms with Gasteiger partial charge in [-0.15, -0.1) is 0 Å². The third kappa shape index (κ3) is 2.41. The van der Waals surface area contributed by atoms with Gasteiger partial charge in [-0.05, 0) is 36.6 Å². The maximum Gasteiger partial charge on any atom is 0.308 e. The SMILES string of the molecule is O=C(O)C1CCCN(c2nc(Cl)nc3ccccc23)C1. The van der Waals surface area contributed by atoms with Crippen molar-refractivity contribution in [2.45, 2.75) is 12.8 Å². The molecule has 1 fully saturated rings. The number of piperidine rings is 1. The Kier molecular flexibility index (Phi) is 3.44. The van der Waals surface area contributed by atoms with E-state index in [4.69, 9.17) is 11.6 Å². The van der Waals surface area contributed by atoms with E-state index in [9.17, 15) is 9.90 Å². The maximum absolute atomic E-state index is 11.2. The third-order valence-corrected chi connectivity index (χ3v) is 3.80. The van der Waals surface area contributed by atoms with Gasteiger partial charge in [0.25, 0.3) is 0 Å². The fourth-order valence-electron chi connectivity index (χ4n) is 2.64. The Bertz CT molecular complexity index is 662. The number of benzene rings is 1. The van der Waals surface area contributed by atoms with E-state index in [1.807, 2.05) is 29.2 Å². The molecule has 0 radical (unpaired) electrons. The quantitative estimate of drug-likeness (QED) is 0.862. The fourth-order valence-corrected chi connectivity index (χ4v) is 2.82. The lowest BCUT2D eigenvalue weighted by atomic mass is 9.98. The van der Waals surface area contributed by atoms with Crippen LogP contribution >= 0.6 is 11.6 Å². The molecule has 5 nitrogen and oxygen atoms in total. The van der Waals surface area contributed by atoms with Crippen molar-refractivity contribution in [3.8, 4) is 0 Å². The molecule has 20 heavy (non-hydrogen) atoms. The van der Waals surface area contributed by atoms with Crippen LogP contribution in [0.5, 0.6) is 0 Å². The lowest BCUT2D eigenvalue weighted by Gasteiger charge is -2.32. The minimum atomic E-state index is -0.751. The number of carbonyl (C=O) groups is 1. The predicted molar refractivity (Wildman–Crippen MR) is 77.1 cm³/mol. The number of anilines is 1. The summed E-state index contributed by atoms with van der Waals surface area (Å²) in [6, 6.07) is 7.63. The molecule has 0 amide bonds. The van der Waals surface area contributed by atoms with Crippen molar-refractivity contribution < 1.29 is 9.90 Å². The van der Waals surface area contributed by atoms with Gasteiger partial charge in [-0.1, -0.05) is 12.1 Å². The second-order valence-corrected chi connectivity index (χ2v) is 5.29. The van der Waals surface area contributed by atoms with Gasteiger partial charge in [0.1, 0.15) is 5.82 Å². The van der Waals surface area contributed by atoms with E-state index in [0.29, 0.717) is 13.0 Å². The van der Waals surface area contributed by atoms with Crippen LogP contribution < -0.4 is 4.90 Å². The zero-order chi connectivity index (χ0) is 14.1. The van der Waals surface area contributed by atoms with Gasteiger partial charge in [-0.3, -0.25) is 4.79 Å². The van der Waals surface area contributed by atoms with Crippen LogP contribution in [-0.4, -0.2) is 34.1 Å². The molecular weight excluding hydrogens is 278 g/mol. The highest BCUT2D eigenvalue weighted by molar-refractivity contribution is 6.28. The molecular formula is C14H14ClN3O2. The zero-order valence-electron chi connectivity index (χ0n) is 10.8. The first-order valence-electron chi connectivity index (χ1n) is 6.55. The van der Waals surface area contributed by atoms with Crippen molar-refractivity contribution in [1.29, 1.82) is 0 Å². The first-order chi connectivity index (χ1) is 9.65. The molecule has 1 atom stereocenters. The van der Waals surface area contributed by atoms with Gasteiger partial charge in [0.15, 0.2) is 0 Å². The fraction of sp³-hybridized carbons (Fsp3) is 0.357. The zero-order valence-corrected chi connectivity index (χ0v) is 11.5. The van der Waals surface area contributed by atoms with Crippen molar-refractivity contribution in [2.75, 3.05) is 18.0 Å². The van der Waals surface area contributed by atoms with Crippen LogP contribution in [0.25, 0.3) is 10.9 Å². The summed E-state index contributed by atoms with van der Waals surface area (Å²) in [7, 11) is 0. The average molecular weight is 292 g/mol. The van der Waals surface area contributed by atoms with Crippen molar-refractivity contribution in [2.24, 2.45) is 5.92 Å². The van der Waals surface area contributed by atoms with Gasteiger partial charge < -0.3 is 10.0 Å². The van der Waals surface area contributed by atoms with E-state index in [1.54, 1.807) is 0 Å². The smallest absolute Gasteiger partial charge is 0.308 e. The van der Waals surface area contributed by atoms with E-state index in [-0.39, 0.29) is 11.2 Å². The Morgan fingerprint density at radius 2 is 2.15 bits per heavy atom. The van der Waals surface area contributed by atoms with E-state index in [0.717, 1.165) is 29.7 Å². The molecule has 1 aromatic heterocycles. The molecule has 0 aliphatic carbocycles. The third-order valence-electron chi connectivity index (χ3n) is 3.63. The molecule has 1 saturated heterocycles.